The zero-order chi connectivity index (χ0) is 10.6. The normalized spacial score (nSPS) is 11.4. The van der Waals surface area contributed by atoms with E-state index in [-0.39, 0.29) is 18.3 Å². The summed E-state index contributed by atoms with van der Waals surface area (Å²) in [5, 5.41) is 2.72. The Hall–Kier alpha value is -1.33. The van der Waals surface area contributed by atoms with E-state index in [0.29, 0.717) is 0 Å². The molecule has 1 amide bonds. The number of rotatable bonds is 4. The van der Waals surface area contributed by atoms with Gasteiger partial charge in [0.15, 0.2) is 5.76 Å². The molecule has 0 aliphatic rings. The van der Waals surface area contributed by atoms with Crippen molar-refractivity contribution in [3.63, 3.8) is 0 Å². The molecule has 0 saturated heterocycles. The molecular weight excluding hydrogens is 184 g/mol. The molecule has 5 heteroatoms. The van der Waals surface area contributed by atoms with Gasteiger partial charge in [0.25, 0.3) is 5.91 Å². The zero-order valence-corrected chi connectivity index (χ0v) is 8.24. The van der Waals surface area contributed by atoms with Crippen LogP contribution in [0.4, 0.5) is 0 Å². The Morgan fingerprint density at radius 2 is 2.43 bits per heavy atom. The largest absolute Gasteiger partial charge is 0.459 e. The van der Waals surface area contributed by atoms with Gasteiger partial charge in [-0.2, -0.15) is 0 Å². The standard InChI is InChI=1S/C9H14N2O3/c1-9(2,6-14-10)11-8(12)7-4-3-5-13-7/h3-5H,6,10H2,1-2H3,(H,11,12). The van der Waals surface area contributed by atoms with Crippen LogP contribution in [0.1, 0.15) is 24.4 Å². The van der Waals surface area contributed by atoms with Gasteiger partial charge in [0, 0.05) is 0 Å². The number of nitrogens with one attached hydrogen (secondary N) is 1. The molecule has 1 heterocycles. The lowest BCUT2D eigenvalue weighted by atomic mass is 10.1. The Morgan fingerprint density at radius 1 is 1.71 bits per heavy atom. The molecule has 78 valence electrons. The summed E-state index contributed by atoms with van der Waals surface area (Å²) in [7, 11) is 0. The highest BCUT2D eigenvalue weighted by Crippen LogP contribution is 2.05. The fourth-order valence-corrected chi connectivity index (χ4v) is 1.02. The summed E-state index contributed by atoms with van der Waals surface area (Å²) < 4.78 is 4.94. The lowest BCUT2D eigenvalue weighted by molar-refractivity contribution is 0.0670. The minimum atomic E-state index is -0.515. The van der Waals surface area contributed by atoms with Gasteiger partial charge >= 0.3 is 0 Å². The molecule has 0 unspecified atom stereocenters. The summed E-state index contributed by atoms with van der Waals surface area (Å²) in [6.07, 6.45) is 1.45. The van der Waals surface area contributed by atoms with Gasteiger partial charge in [-0.1, -0.05) is 0 Å². The average Bonchev–Trinajstić information content (AvgIpc) is 2.53. The summed E-state index contributed by atoms with van der Waals surface area (Å²) in [5.41, 5.74) is -0.515. The molecule has 1 aromatic heterocycles. The van der Waals surface area contributed by atoms with Crippen LogP contribution in [-0.4, -0.2) is 18.1 Å². The second-order valence-corrected chi connectivity index (χ2v) is 3.63. The molecule has 0 spiro atoms. The molecule has 0 radical (unpaired) electrons. The van der Waals surface area contributed by atoms with Crippen molar-refractivity contribution in [2.45, 2.75) is 19.4 Å². The molecule has 0 fully saturated rings. The molecule has 0 aromatic carbocycles. The lowest BCUT2D eigenvalue weighted by Crippen LogP contribution is -2.47. The van der Waals surface area contributed by atoms with Crippen molar-refractivity contribution in [3.8, 4) is 0 Å². The second kappa shape index (κ2) is 4.26. The molecule has 5 nitrogen and oxygen atoms in total. The van der Waals surface area contributed by atoms with Crippen LogP contribution in [0.3, 0.4) is 0 Å². The Kier molecular flexibility index (Phi) is 3.27. The van der Waals surface area contributed by atoms with E-state index in [2.05, 4.69) is 10.2 Å². The summed E-state index contributed by atoms with van der Waals surface area (Å²) in [6.45, 7) is 3.85. The van der Waals surface area contributed by atoms with Crippen LogP contribution in [-0.2, 0) is 4.84 Å². The molecule has 1 aromatic rings. The summed E-state index contributed by atoms with van der Waals surface area (Å²) in [5.74, 6) is 4.93. The molecule has 0 aliphatic carbocycles. The number of furan rings is 1. The van der Waals surface area contributed by atoms with Crippen LogP contribution >= 0.6 is 0 Å². The van der Waals surface area contributed by atoms with E-state index in [9.17, 15) is 4.79 Å². The smallest absolute Gasteiger partial charge is 0.287 e. The monoisotopic (exact) mass is 198 g/mol. The number of amides is 1. The summed E-state index contributed by atoms with van der Waals surface area (Å²) in [4.78, 5) is 16.0. The van der Waals surface area contributed by atoms with Crippen LogP contribution < -0.4 is 11.2 Å². The highest BCUT2D eigenvalue weighted by atomic mass is 16.6. The minimum Gasteiger partial charge on any atom is -0.459 e. The Morgan fingerprint density at radius 3 is 2.93 bits per heavy atom. The van der Waals surface area contributed by atoms with E-state index in [1.165, 1.54) is 6.26 Å². The highest BCUT2D eigenvalue weighted by Gasteiger charge is 2.22. The fourth-order valence-electron chi connectivity index (χ4n) is 1.02. The topological polar surface area (TPSA) is 77.5 Å². The van der Waals surface area contributed by atoms with Crippen LogP contribution in [0.2, 0.25) is 0 Å². The first-order chi connectivity index (χ1) is 6.55. The molecule has 0 atom stereocenters. The van der Waals surface area contributed by atoms with E-state index in [1.807, 2.05) is 0 Å². The molecule has 3 N–H and O–H groups in total. The first-order valence-electron chi connectivity index (χ1n) is 4.23. The van der Waals surface area contributed by atoms with E-state index < -0.39 is 5.54 Å². The van der Waals surface area contributed by atoms with E-state index in [4.69, 9.17) is 10.3 Å². The molecule has 14 heavy (non-hydrogen) atoms. The predicted molar refractivity (Wildman–Crippen MR) is 50.4 cm³/mol. The third kappa shape index (κ3) is 2.86. The zero-order valence-electron chi connectivity index (χ0n) is 8.24. The molecule has 0 bridgehead atoms. The number of carbonyl (C=O) groups is 1. The van der Waals surface area contributed by atoms with Gasteiger partial charge in [0.05, 0.1) is 18.4 Å². The van der Waals surface area contributed by atoms with E-state index in [1.54, 1.807) is 26.0 Å². The number of carbonyl (C=O) groups excluding carboxylic acids is 1. The van der Waals surface area contributed by atoms with Gasteiger partial charge in [-0.25, -0.2) is 5.90 Å². The van der Waals surface area contributed by atoms with Crippen molar-refractivity contribution in [1.82, 2.24) is 5.32 Å². The van der Waals surface area contributed by atoms with Gasteiger partial charge in [-0.3, -0.25) is 4.79 Å². The van der Waals surface area contributed by atoms with Crippen molar-refractivity contribution in [2.24, 2.45) is 5.90 Å². The Bertz CT molecular complexity index is 293. The maximum absolute atomic E-state index is 11.5. The Balaban J connectivity index is 2.57. The maximum atomic E-state index is 11.5. The summed E-state index contributed by atoms with van der Waals surface area (Å²) >= 11 is 0. The second-order valence-electron chi connectivity index (χ2n) is 3.63. The van der Waals surface area contributed by atoms with Crippen molar-refractivity contribution in [1.29, 1.82) is 0 Å². The van der Waals surface area contributed by atoms with Gasteiger partial charge < -0.3 is 14.6 Å². The van der Waals surface area contributed by atoms with Crippen molar-refractivity contribution in [2.75, 3.05) is 6.61 Å². The third-order valence-corrected chi connectivity index (χ3v) is 1.64. The van der Waals surface area contributed by atoms with Crippen LogP contribution in [0.5, 0.6) is 0 Å². The third-order valence-electron chi connectivity index (χ3n) is 1.64. The van der Waals surface area contributed by atoms with Crippen LogP contribution in [0, 0.1) is 0 Å². The maximum Gasteiger partial charge on any atom is 0.287 e. The molecule has 1 rings (SSSR count). The van der Waals surface area contributed by atoms with Crippen LogP contribution in [0.25, 0.3) is 0 Å². The minimum absolute atomic E-state index is 0.236. The number of nitrogens with two attached hydrogens (primary N) is 1. The van der Waals surface area contributed by atoms with E-state index >= 15 is 0 Å². The van der Waals surface area contributed by atoms with Gasteiger partial charge in [-0.05, 0) is 26.0 Å². The predicted octanol–water partition coefficient (Wildman–Crippen LogP) is 0.678. The molecule has 0 aliphatic heterocycles. The highest BCUT2D eigenvalue weighted by molar-refractivity contribution is 5.91. The van der Waals surface area contributed by atoms with E-state index in [0.717, 1.165) is 0 Å². The first-order valence-corrected chi connectivity index (χ1v) is 4.23. The molecule has 0 saturated carbocycles. The first kappa shape index (κ1) is 10.7. The van der Waals surface area contributed by atoms with Gasteiger partial charge in [0.2, 0.25) is 0 Å². The lowest BCUT2D eigenvalue weighted by Gasteiger charge is -2.23. The van der Waals surface area contributed by atoms with Gasteiger partial charge in [0.1, 0.15) is 0 Å². The quantitative estimate of drug-likeness (QED) is 0.697. The number of hydrogen-bond acceptors (Lipinski definition) is 4. The SMILES string of the molecule is CC(C)(CON)NC(=O)c1ccco1. The van der Waals surface area contributed by atoms with Crippen molar-refractivity contribution < 1.29 is 14.0 Å². The van der Waals surface area contributed by atoms with Crippen molar-refractivity contribution in [3.05, 3.63) is 24.2 Å². The van der Waals surface area contributed by atoms with Crippen molar-refractivity contribution >= 4 is 5.91 Å². The Labute approximate surface area is 82.2 Å². The number of hydrogen-bond donors (Lipinski definition) is 2. The average molecular weight is 198 g/mol. The van der Waals surface area contributed by atoms with Crippen LogP contribution in [0.15, 0.2) is 22.8 Å². The van der Waals surface area contributed by atoms with Gasteiger partial charge in [-0.15, -0.1) is 0 Å². The summed E-state index contributed by atoms with van der Waals surface area (Å²) in [6, 6.07) is 3.25. The fraction of sp³-hybridized carbons (Fsp3) is 0.444. The molecular formula is C9H14N2O3.